The highest BCUT2D eigenvalue weighted by molar-refractivity contribution is 6.04. The summed E-state index contributed by atoms with van der Waals surface area (Å²) in [6.07, 6.45) is 8.68. The molecule has 1 atom stereocenters. The highest BCUT2D eigenvalue weighted by atomic mass is 15.2. The topological polar surface area (TPSA) is 33.5 Å². The van der Waals surface area contributed by atoms with Crippen molar-refractivity contribution >= 4 is 43.6 Å². The van der Waals surface area contributed by atoms with E-state index in [9.17, 15) is 0 Å². The summed E-state index contributed by atoms with van der Waals surface area (Å²) >= 11 is 0. The average molecular weight is 415 g/mol. The van der Waals surface area contributed by atoms with Crippen LogP contribution in [0.1, 0.15) is 24.2 Å². The second-order valence-corrected chi connectivity index (χ2v) is 9.08. The lowest BCUT2D eigenvalue weighted by Gasteiger charge is -2.06. The molecule has 1 aliphatic rings. The fourth-order valence-electron chi connectivity index (χ4n) is 5.31. The van der Waals surface area contributed by atoms with Crippen LogP contribution in [0.2, 0.25) is 0 Å². The Morgan fingerprint density at radius 2 is 1.19 bits per heavy atom. The summed E-state index contributed by atoms with van der Waals surface area (Å²) in [5, 5.41) is 4.80. The second kappa shape index (κ2) is 6.07. The Kier molecular flexibility index (Phi) is 3.36. The normalized spacial score (nSPS) is 15.0. The molecule has 2 aromatic carbocycles. The molecule has 0 bridgehead atoms. The summed E-state index contributed by atoms with van der Waals surface area (Å²) < 4.78 is 4.80. The fraction of sp³-hybridized carbons (Fsp3) is 0.143. The van der Waals surface area contributed by atoms with Crippen LogP contribution in [-0.2, 0) is 0 Å². The Hall–Kier alpha value is -3.92. The largest absolute Gasteiger partial charge is 0.350 e. The zero-order valence-electron chi connectivity index (χ0n) is 18.3. The highest BCUT2D eigenvalue weighted by Crippen LogP contribution is 2.31. The van der Waals surface area contributed by atoms with Crippen molar-refractivity contribution in [2.24, 2.45) is 0 Å². The number of hydrogen-bond acceptors (Lipinski definition) is 2. The summed E-state index contributed by atoms with van der Waals surface area (Å²) in [7, 11) is 0. The standard InChI is InChI=1S/C28H22N4/c1-16-8-19-4-5-20-10-23(13-30-26(20)25(19)29-12-16)24-11-22-7-6-21-9-17(2)14-31-18(3)32(15-24)28(22)27(21)31/h4-15,18H,1-3H3/q+2. The maximum absolute atomic E-state index is 4.85. The van der Waals surface area contributed by atoms with Gasteiger partial charge in [0.2, 0.25) is 0 Å². The molecule has 0 spiro atoms. The minimum absolute atomic E-state index is 0.238. The molecule has 0 saturated carbocycles. The van der Waals surface area contributed by atoms with Gasteiger partial charge in [0.1, 0.15) is 0 Å². The van der Waals surface area contributed by atoms with Crippen molar-refractivity contribution in [2.45, 2.75) is 26.9 Å². The van der Waals surface area contributed by atoms with Crippen LogP contribution in [0.15, 0.2) is 73.3 Å². The Labute approximate surface area is 185 Å². The average Bonchev–Trinajstić information content (AvgIpc) is 3.09. The van der Waals surface area contributed by atoms with Crippen LogP contribution in [0.3, 0.4) is 0 Å². The molecular weight excluding hydrogens is 392 g/mol. The monoisotopic (exact) mass is 414 g/mol. The Bertz CT molecular complexity index is 1770. The molecule has 5 heterocycles. The van der Waals surface area contributed by atoms with Gasteiger partial charge >= 0.3 is 6.17 Å². The maximum atomic E-state index is 4.85. The summed E-state index contributed by atoms with van der Waals surface area (Å²) in [4.78, 5) is 9.51. The minimum Gasteiger partial charge on any atom is -0.254 e. The summed E-state index contributed by atoms with van der Waals surface area (Å²) in [5.74, 6) is 0. The molecule has 0 radical (unpaired) electrons. The van der Waals surface area contributed by atoms with Crippen LogP contribution in [-0.4, -0.2) is 9.97 Å². The molecule has 0 amide bonds. The number of hydrogen-bond donors (Lipinski definition) is 0. The van der Waals surface area contributed by atoms with Crippen molar-refractivity contribution in [3.05, 3.63) is 84.4 Å². The van der Waals surface area contributed by atoms with Crippen molar-refractivity contribution in [1.82, 2.24) is 9.97 Å². The lowest BCUT2D eigenvalue weighted by Crippen LogP contribution is -2.50. The first-order chi connectivity index (χ1) is 15.6. The molecule has 0 aliphatic carbocycles. The van der Waals surface area contributed by atoms with E-state index in [-0.39, 0.29) is 6.17 Å². The van der Waals surface area contributed by atoms with Crippen LogP contribution in [0.25, 0.3) is 54.7 Å². The first kappa shape index (κ1) is 17.7. The lowest BCUT2D eigenvalue weighted by atomic mass is 10.0. The van der Waals surface area contributed by atoms with Gasteiger partial charge in [-0.05, 0) is 55.8 Å². The van der Waals surface area contributed by atoms with Gasteiger partial charge in [-0.25, -0.2) is 0 Å². The molecular formula is C28H22N4+2. The molecule has 0 N–H and O–H groups in total. The van der Waals surface area contributed by atoms with Crippen molar-refractivity contribution < 1.29 is 9.13 Å². The molecule has 7 rings (SSSR count). The SMILES string of the molecule is Cc1cnc2c(ccc3cc(-c4cc5ccc6cc(C)c[n+]7c6c5[n+](c4)C7C)cnc32)c1. The molecule has 4 heteroatoms. The predicted octanol–water partition coefficient (Wildman–Crippen LogP) is 5.33. The van der Waals surface area contributed by atoms with E-state index in [4.69, 9.17) is 4.98 Å². The van der Waals surface area contributed by atoms with E-state index in [0.29, 0.717) is 0 Å². The molecule has 1 unspecified atom stereocenters. The van der Waals surface area contributed by atoms with Crippen molar-refractivity contribution in [3.8, 4) is 11.1 Å². The third-order valence-electron chi connectivity index (χ3n) is 6.82. The van der Waals surface area contributed by atoms with Crippen LogP contribution in [0.4, 0.5) is 0 Å². The molecule has 0 fully saturated rings. The third-order valence-corrected chi connectivity index (χ3v) is 6.82. The van der Waals surface area contributed by atoms with E-state index in [1.165, 1.54) is 32.9 Å². The number of fused-ring (bicyclic) bond motifs is 3. The van der Waals surface area contributed by atoms with E-state index in [0.717, 1.165) is 32.9 Å². The van der Waals surface area contributed by atoms with E-state index < -0.39 is 0 Å². The molecule has 32 heavy (non-hydrogen) atoms. The predicted molar refractivity (Wildman–Crippen MR) is 127 cm³/mol. The van der Waals surface area contributed by atoms with Crippen LogP contribution < -0.4 is 9.13 Å². The maximum Gasteiger partial charge on any atom is 0.350 e. The smallest absolute Gasteiger partial charge is 0.254 e. The lowest BCUT2D eigenvalue weighted by molar-refractivity contribution is -0.901. The summed E-state index contributed by atoms with van der Waals surface area (Å²) in [6.45, 7) is 6.50. The van der Waals surface area contributed by atoms with E-state index in [1.54, 1.807) is 0 Å². The van der Waals surface area contributed by atoms with Crippen molar-refractivity contribution in [3.63, 3.8) is 0 Å². The van der Waals surface area contributed by atoms with Crippen molar-refractivity contribution in [1.29, 1.82) is 0 Å². The molecule has 4 nitrogen and oxygen atoms in total. The molecule has 4 aromatic heterocycles. The second-order valence-electron chi connectivity index (χ2n) is 9.08. The fourth-order valence-corrected chi connectivity index (χ4v) is 5.31. The van der Waals surface area contributed by atoms with Crippen LogP contribution in [0, 0.1) is 13.8 Å². The van der Waals surface area contributed by atoms with Crippen LogP contribution in [0.5, 0.6) is 0 Å². The van der Waals surface area contributed by atoms with Crippen molar-refractivity contribution in [2.75, 3.05) is 0 Å². The summed E-state index contributed by atoms with van der Waals surface area (Å²) in [5.41, 5.74) is 9.29. The first-order valence-corrected chi connectivity index (χ1v) is 11.1. The summed E-state index contributed by atoms with van der Waals surface area (Å²) in [6, 6.07) is 17.8. The van der Waals surface area contributed by atoms with E-state index in [1.807, 2.05) is 12.4 Å². The Morgan fingerprint density at radius 3 is 1.97 bits per heavy atom. The Morgan fingerprint density at radius 1 is 0.625 bits per heavy atom. The first-order valence-electron chi connectivity index (χ1n) is 11.1. The van der Waals surface area contributed by atoms with Gasteiger partial charge in [-0.1, -0.05) is 12.1 Å². The van der Waals surface area contributed by atoms with Gasteiger partial charge in [-0.3, -0.25) is 9.97 Å². The number of pyridine rings is 4. The van der Waals surface area contributed by atoms with Gasteiger partial charge in [0.15, 0.2) is 12.4 Å². The number of aryl methyl sites for hydroxylation is 2. The van der Waals surface area contributed by atoms with Crippen LogP contribution >= 0.6 is 0 Å². The number of aromatic nitrogens is 4. The van der Waals surface area contributed by atoms with Gasteiger partial charge in [0.05, 0.1) is 28.7 Å². The van der Waals surface area contributed by atoms with Gasteiger partial charge in [-0.2, -0.15) is 0 Å². The van der Waals surface area contributed by atoms with Gasteiger partial charge in [0, 0.05) is 39.9 Å². The number of nitrogens with zero attached hydrogens (tertiary/aromatic N) is 4. The third kappa shape index (κ3) is 2.32. The number of rotatable bonds is 1. The minimum atomic E-state index is 0.238. The number of benzene rings is 2. The van der Waals surface area contributed by atoms with Gasteiger partial charge in [-0.15, -0.1) is 9.13 Å². The van der Waals surface area contributed by atoms with E-state index in [2.05, 4.69) is 95.8 Å². The molecule has 1 aliphatic heterocycles. The molecule has 152 valence electrons. The zero-order valence-corrected chi connectivity index (χ0v) is 18.3. The van der Waals surface area contributed by atoms with Gasteiger partial charge in [0.25, 0.3) is 11.0 Å². The zero-order chi connectivity index (χ0) is 21.6. The molecule has 6 aromatic rings. The highest BCUT2D eigenvalue weighted by Gasteiger charge is 2.38. The quantitative estimate of drug-likeness (QED) is 0.269. The van der Waals surface area contributed by atoms with E-state index >= 15 is 0 Å². The molecule has 0 saturated heterocycles. The Balaban J connectivity index is 1.45. The van der Waals surface area contributed by atoms with Gasteiger partial charge < -0.3 is 0 Å².